The summed E-state index contributed by atoms with van der Waals surface area (Å²) in [5.74, 6) is 2.15. The Hall–Kier alpha value is -2.28. The number of fused-ring (bicyclic) bond motifs is 1. The number of nitrogens with zero attached hydrogens (tertiary/aromatic N) is 5. The van der Waals surface area contributed by atoms with Gasteiger partial charge in [-0.05, 0) is 24.5 Å². The van der Waals surface area contributed by atoms with E-state index in [9.17, 15) is 4.79 Å². The number of aromatic nitrogens is 3. The second-order valence-electron chi connectivity index (χ2n) is 7.83. The van der Waals surface area contributed by atoms with E-state index in [0.717, 1.165) is 54.8 Å². The number of nitrogens with one attached hydrogen (secondary N) is 1. The number of carbonyl (C=O) groups is 1. The minimum atomic E-state index is -0.131. The molecule has 0 saturated carbocycles. The molecule has 1 atom stereocenters. The number of carbonyl (C=O) groups excluding carboxylic acids is 1. The molecule has 3 heterocycles. The lowest BCUT2D eigenvalue weighted by Gasteiger charge is -2.37. The summed E-state index contributed by atoms with van der Waals surface area (Å²) in [7, 11) is 0. The van der Waals surface area contributed by atoms with E-state index in [0.29, 0.717) is 13.1 Å². The van der Waals surface area contributed by atoms with E-state index < -0.39 is 0 Å². The lowest BCUT2D eigenvalue weighted by molar-refractivity contribution is 0.185. The maximum atomic E-state index is 12.9. The highest BCUT2D eigenvalue weighted by Crippen LogP contribution is 2.27. The third-order valence-corrected chi connectivity index (χ3v) is 5.94. The predicted molar refractivity (Wildman–Crippen MR) is 110 cm³/mol. The average molecular weight is 403 g/mol. The van der Waals surface area contributed by atoms with Gasteiger partial charge in [-0.2, -0.15) is 0 Å². The molecule has 1 saturated heterocycles. The van der Waals surface area contributed by atoms with Gasteiger partial charge in [-0.25, -0.2) is 4.79 Å². The van der Waals surface area contributed by atoms with Crippen LogP contribution in [0.4, 0.5) is 10.5 Å². The Morgan fingerprint density at radius 2 is 1.86 bits per heavy atom. The Morgan fingerprint density at radius 1 is 1.11 bits per heavy atom. The van der Waals surface area contributed by atoms with Crippen molar-refractivity contribution in [2.75, 3.05) is 31.1 Å². The molecule has 2 aliphatic rings. The molecular weight excluding hydrogens is 376 g/mol. The molecule has 0 bridgehead atoms. The number of amides is 2. The van der Waals surface area contributed by atoms with Gasteiger partial charge in [0.1, 0.15) is 5.82 Å². The highest BCUT2D eigenvalue weighted by atomic mass is 35.5. The van der Waals surface area contributed by atoms with Gasteiger partial charge in [0, 0.05) is 39.1 Å². The quantitative estimate of drug-likeness (QED) is 0.853. The Balaban J connectivity index is 1.40. The van der Waals surface area contributed by atoms with Crippen LogP contribution in [0.1, 0.15) is 38.0 Å². The van der Waals surface area contributed by atoms with Crippen LogP contribution in [-0.2, 0) is 13.0 Å². The van der Waals surface area contributed by atoms with Crippen molar-refractivity contribution in [1.29, 1.82) is 0 Å². The van der Waals surface area contributed by atoms with Crippen LogP contribution in [0.2, 0.25) is 5.02 Å². The number of halogens is 1. The van der Waals surface area contributed by atoms with Gasteiger partial charge in [0.25, 0.3) is 0 Å². The number of hydrogen-bond donors (Lipinski definition) is 1. The smallest absolute Gasteiger partial charge is 0.318 e. The van der Waals surface area contributed by atoms with Gasteiger partial charge in [-0.15, -0.1) is 10.2 Å². The fourth-order valence-corrected chi connectivity index (χ4v) is 4.27. The van der Waals surface area contributed by atoms with Crippen LogP contribution in [0.5, 0.6) is 0 Å². The Morgan fingerprint density at radius 3 is 2.57 bits per heavy atom. The number of rotatable bonds is 4. The number of piperazine rings is 1. The normalized spacial score (nSPS) is 17.7. The first-order chi connectivity index (χ1) is 13.5. The number of hydrogen-bond acceptors (Lipinski definition) is 4. The summed E-state index contributed by atoms with van der Waals surface area (Å²) in [6.07, 6.45) is 2.07. The van der Waals surface area contributed by atoms with Crippen LogP contribution < -0.4 is 10.2 Å². The third-order valence-electron chi connectivity index (χ3n) is 5.62. The fraction of sp³-hybridized carbons (Fsp3) is 0.550. The lowest BCUT2D eigenvalue weighted by atomic mass is 10.0. The van der Waals surface area contributed by atoms with Gasteiger partial charge in [-0.3, -0.25) is 0 Å². The molecule has 0 aliphatic carbocycles. The molecule has 1 N–H and O–H groups in total. The van der Waals surface area contributed by atoms with Crippen molar-refractivity contribution in [3.8, 4) is 0 Å². The van der Waals surface area contributed by atoms with E-state index in [1.807, 2.05) is 29.2 Å². The van der Waals surface area contributed by atoms with E-state index in [1.54, 1.807) is 0 Å². The molecule has 8 heteroatoms. The van der Waals surface area contributed by atoms with E-state index in [2.05, 4.69) is 38.8 Å². The molecule has 28 heavy (non-hydrogen) atoms. The summed E-state index contributed by atoms with van der Waals surface area (Å²) in [4.78, 5) is 17.0. The zero-order valence-electron chi connectivity index (χ0n) is 16.4. The van der Waals surface area contributed by atoms with E-state index >= 15 is 0 Å². The van der Waals surface area contributed by atoms with Crippen molar-refractivity contribution >= 4 is 23.3 Å². The van der Waals surface area contributed by atoms with Crippen LogP contribution in [-0.4, -0.2) is 51.9 Å². The second-order valence-corrected chi connectivity index (χ2v) is 8.23. The van der Waals surface area contributed by atoms with Gasteiger partial charge in [0.15, 0.2) is 5.82 Å². The molecule has 1 aromatic heterocycles. The molecule has 2 aliphatic heterocycles. The van der Waals surface area contributed by atoms with Crippen molar-refractivity contribution in [2.24, 2.45) is 5.92 Å². The molecule has 2 amide bonds. The lowest BCUT2D eigenvalue weighted by Crippen LogP contribution is -2.53. The molecule has 1 unspecified atom stereocenters. The molecule has 2 aromatic rings. The second kappa shape index (κ2) is 7.99. The number of aryl methyl sites for hydroxylation is 1. The standard InChI is InChI=1S/C20H27ClN6O/c1-14(2)18(19-24-23-17-8-5-9-27(17)19)22-20(28)26-12-10-25(11-13-26)16-7-4-3-6-15(16)21/h3-4,6-7,14,18H,5,8-13H2,1-2H3,(H,22,28). The number of anilines is 1. The number of urea groups is 1. The zero-order chi connectivity index (χ0) is 19.7. The van der Waals surface area contributed by atoms with E-state index in [1.165, 1.54) is 0 Å². The number of para-hydroxylation sites is 1. The van der Waals surface area contributed by atoms with Crippen molar-refractivity contribution in [3.05, 3.63) is 40.9 Å². The fourth-order valence-electron chi connectivity index (χ4n) is 4.02. The minimum absolute atomic E-state index is 0.0344. The third kappa shape index (κ3) is 3.68. The van der Waals surface area contributed by atoms with Crippen molar-refractivity contribution in [3.63, 3.8) is 0 Å². The average Bonchev–Trinajstić information content (AvgIpc) is 3.30. The topological polar surface area (TPSA) is 66.3 Å². The number of benzene rings is 1. The molecule has 150 valence electrons. The van der Waals surface area contributed by atoms with Gasteiger partial charge in [0.2, 0.25) is 0 Å². The zero-order valence-corrected chi connectivity index (χ0v) is 17.2. The SMILES string of the molecule is CC(C)C(NC(=O)N1CCN(c2ccccc2Cl)CC1)c1nnc2n1CCC2. The molecule has 7 nitrogen and oxygen atoms in total. The van der Waals surface area contributed by atoms with E-state index in [4.69, 9.17) is 11.6 Å². The Bertz CT molecular complexity index is 843. The first kappa shape index (κ1) is 19.1. The molecule has 4 rings (SSSR count). The molecule has 1 aromatic carbocycles. The van der Waals surface area contributed by atoms with Gasteiger partial charge in [-0.1, -0.05) is 37.6 Å². The Labute approximate surface area is 170 Å². The first-order valence-corrected chi connectivity index (χ1v) is 10.4. The van der Waals surface area contributed by atoms with Crippen molar-refractivity contribution < 1.29 is 4.79 Å². The van der Waals surface area contributed by atoms with Gasteiger partial charge in [0.05, 0.1) is 16.8 Å². The molecule has 1 fully saturated rings. The van der Waals surface area contributed by atoms with Crippen molar-refractivity contribution in [2.45, 2.75) is 39.3 Å². The Kier molecular flexibility index (Phi) is 5.44. The summed E-state index contributed by atoms with van der Waals surface area (Å²) in [5, 5.41) is 12.6. The summed E-state index contributed by atoms with van der Waals surface area (Å²) in [5.41, 5.74) is 1.03. The highest BCUT2D eigenvalue weighted by Gasteiger charge is 2.30. The maximum absolute atomic E-state index is 12.9. The monoisotopic (exact) mass is 402 g/mol. The molecule has 0 radical (unpaired) electrons. The highest BCUT2D eigenvalue weighted by molar-refractivity contribution is 6.33. The van der Waals surface area contributed by atoms with Crippen LogP contribution in [0.3, 0.4) is 0 Å². The van der Waals surface area contributed by atoms with Gasteiger partial charge >= 0.3 is 6.03 Å². The summed E-state index contributed by atoms with van der Waals surface area (Å²) >= 11 is 6.31. The van der Waals surface area contributed by atoms with Crippen LogP contribution >= 0.6 is 11.6 Å². The van der Waals surface area contributed by atoms with Crippen LogP contribution in [0, 0.1) is 5.92 Å². The largest absolute Gasteiger partial charge is 0.367 e. The minimum Gasteiger partial charge on any atom is -0.367 e. The molecule has 0 spiro atoms. The van der Waals surface area contributed by atoms with E-state index in [-0.39, 0.29) is 18.0 Å². The molecular formula is C20H27ClN6O. The van der Waals surface area contributed by atoms with Crippen LogP contribution in [0.15, 0.2) is 24.3 Å². The van der Waals surface area contributed by atoms with Crippen molar-refractivity contribution in [1.82, 2.24) is 25.0 Å². The van der Waals surface area contributed by atoms with Crippen LogP contribution in [0.25, 0.3) is 0 Å². The summed E-state index contributed by atoms with van der Waals surface area (Å²) in [6.45, 7) is 8.02. The predicted octanol–water partition coefficient (Wildman–Crippen LogP) is 3.11. The summed E-state index contributed by atoms with van der Waals surface area (Å²) in [6, 6.07) is 7.69. The first-order valence-electron chi connectivity index (χ1n) is 10.0. The summed E-state index contributed by atoms with van der Waals surface area (Å²) < 4.78 is 2.17. The van der Waals surface area contributed by atoms with Gasteiger partial charge < -0.3 is 19.7 Å². The maximum Gasteiger partial charge on any atom is 0.318 e.